The van der Waals surface area contributed by atoms with Gasteiger partial charge < -0.3 is 10.1 Å². The number of hydrogen-bond donors (Lipinski definition) is 1. The maximum absolute atomic E-state index is 12.9. The summed E-state index contributed by atoms with van der Waals surface area (Å²) in [6, 6.07) is 4.84. The predicted molar refractivity (Wildman–Crippen MR) is 90.6 cm³/mol. The molecular formula is C19H22N2O4. The summed E-state index contributed by atoms with van der Waals surface area (Å²) in [5.74, 6) is 0.428. The molecule has 0 radical (unpaired) electrons. The molecule has 4 rings (SSSR count). The first-order valence-corrected chi connectivity index (χ1v) is 8.94. The molecule has 2 fully saturated rings. The van der Waals surface area contributed by atoms with Gasteiger partial charge in [0.25, 0.3) is 5.91 Å². The number of rotatable bonds is 3. The third kappa shape index (κ3) is 2.51. The lowest BCUT2D eigenvalue weighted by Gasteiger charge is -2.36. The van der Waals surface area contributed by atoms with E-state index in [1.165, 1.54) is 0 Å². The minimum atomic E-state index is -0.818. The number of Topliss-reactive ketones (excluding diaryl/α,β-unsaturated/α-hetero) is 1. The number of fused-ring (bicyclic) bond motifs is 1. The van der Waals surface area contributed by atoms with Crippen molar-refractivity contribution < 1.29 is 19.1 Å². The molecule has 1 aromatic rings. The number of benzene rings is 1. The van der Waals surface area contributed by atoms with E-state index in [0.717, 1.165) is 41.9 Å². The summed E-state index contributed by atoms with van der Waals surface area (Å²) in [4.78, 5) is 39.0. The van der Waals surface area contributed by atoms with E-state index in [9.17, 15) is 14.4 Å². The molecule has 1 saturated carbocycles. The van der Waals surface area contributed by atoms with Crippen molar-refractivity contribution in [2.24, 2.45) is 5.92 Å². The number of urea groups is 1. The van der Waals surface area contributed by atoms with Gasteiger partial charge in [-0.15, -0.1) is 0 Å². The summed E-state index contributed by atoms with van der Waals surface area (Å²) in [6.45, 7) is 2.42. The highest BCUT2D eigenvalue weighted by Crippen LogP contribution is 2.38. The van der Waals surface area contributed by atoms with Crippen LogP contribution in [0.15, 0.2) is 18.2 Å². The molecule has 1 aliphatic carbocycles. The van der Waals surface area contributed by atoms with Crippen molar-refractivity contribution in [2.75, 3.05) is 13.2 Å². The summed E-state index contributed by atoms with van der Waals surface area (Å²) < 4.78 is 5.45. The Kier molecular flexibility index (Phi) is 3.78. The number of ketones is 1. The molecule has 1 aromatic carbocycles. The molecule has 1 N–H and O–H groups in total. The SMILES string of the molecule is C[C@H]1CCCC[C@]12NC(=O)N(CC(=O)c1ccc3c(c1)CCO3)C2=O. The first kappa shape index (κ1) is 16.1. The van der Waals surface area contributed by atoms with E-state index >= 15 is 0 Å². The maximum Gasteiger partial charge on any atom is 0.325 e. The highest BCUT2D eigenvalue weighted by molar-refractivity contribution is 6.11. The van der Waals surface area contributed by atoms with E-state index in [1.807, 2.05) is 13.0 Å². The zero-order chi connectivity index (χ0) is 17.6. The molecule has 6 heteroatoms. The third-order valence-corrected chi connectivity index (χ3v) is 5.81. The summed E-state index contributed by atoms with van der Waals surface area (Å²) in [6.07, 6.45) is 4.34. The normalized spacial score (nSPS) is 28.0. The van der Waals surface area contributed by atoms with E-state index in [1.54, 1.807) is 12.1 Å². The Labute approximate surface area is 146 Å². The lowest BCUT2D eigenvalue weighted by Crippen LogP contribution is -2.54. The van der Waals surface area contributed by atoms with Crippen LogP contribution >= 0.6 is 0 Å². The van der Waals surface area contributed by atoms with Crippen molar-refractivity contribution in [1.29, 1.82) is 0 Å². The quantitative estimate of drug-likeness (QED) is 0.675. The molecule has 3 amide bonds. The molecule has 2 atom stereocenters. The minimum absolute atomic E-state index is 0.0925. The summed E-state index contributed by atoms with van der Waals surface area (Å²) in [7, 11) is 0. The number of carbonyl (C=O) groups excluding carboxylic acids is 3. The minimum Gasteiger partial charge on any atom is -0.493 e. The first-order chi connectivity index (χ1) is 12.0. The number of carbonyl (C=O) groups is 3. The smallest absolute Gasteiger partial charge is 0.325 e. The largest absolute Gasteiger partial charge is 0.493 e. The number of imide groups is 1. The zero-order valence-electron chi connectivity index (χ0n) is 14.3. The van der Waals surface area contributed by atoms with Crippen LogP contribution < -0.4 is 10.1 Å². The lowest BCUT2D eigenvalue weighted by molar-refractivity contribution is -0.133. The lowest BCUT2D eigenvalue weighted by atomic mass is 9.73. The Morgan fingerprint density at radius 2 is 2.20 bits per heavy atom. The Balaban J connectivity index is 1.53. The van der Waals surface area contributed by atoms with Crippen molar-refractivity contribution in [1.82, 2.24) is 10.2 Å². The second-order valence-corrected chi connectivity index (χ2v) is 7.28. The van der Waals surface area contributed by atoms with E-state index < -0.39 is 11.6 Å². The van der Waals surface area contributed by atoms with Gasteiger partial charge in [0.1, 0.15) is 11.3 Å². The van der Waals surface area contributed by atoms with Crippen LogP contribution in [0.1, 0.15) is 48.5 Å². The molecule has 2 heterocycles. The summed E-state index contributed by atoms with van der Waals surface area (Å²) in [5.41, 5.74) is 0.699. The average Bonchev–Trinajstić information content (AvgIpc) is 3.16. The van der Waals surface area contributed by atoms with E-state index in [4.69, 9.17) is 4.74 Å². The fraction of sp³-hybridized carbons (Fsp3) is 0.526. The Morgan fingerprint density at radius 3 is 3.00 bits per heavy atom. The molecule has 0 aromatic heterocycles. The van der Waals surface area contributed by atoms with Crippen molar-refractivity contribution in [3.05, 3.63) is 29.3 Å². The third-order valence-electron chi connectivity index (χ3n) is 5.81. The van der Waals surface area contributed by atoms with Gasteiger partial charge in [0, 0.05) is 12.0 Å². The van der Waals surface area contributed by atoms with Crippen LogP contribution in [0, 0.1) is 5.92 Å². The van der Waals surface area contributed by atoms with Crippen LogP contribution in [0.4, 0.5) is 4.79 Å². The van der Waals surface area contributed by atoms with Crippen LogP contribution in [0.3, 0.4) is 0 Å². The highest BCUT2D eigenvalue weighted by atomic mass is 16.5. The fourth-order valence-electron chi connectivity index (χ4n) is 4.23. The molecule has 1 saturated heterocycles. The maximum atomic E-state index is 12.9. The van der Waals surface area contributed by atoms with Gasteiger partial charge >= 0.3 is 6.03 Å². The molecule has 6 nitrogen and oxygen atoms in total. The van der Waals surface area contributed by atoms with Gasteiger partial charge in [-0.1, -0.05) is 19.8 Å². The van der Waals surface area contributed by atoms with Crippen LogP contribution in [-0.2, 0) is 11.2 Å². The van der Waals surface area contributed by atoms with Gasteiger partial charge in [0.2, 0.25) is 0 Å². The number of hydrogen-bond acceptors (Lipinski definition) is 4. The Hall–Kier alpha value is -2.37. The molecule has 0 unspecified atom stereocenters. The highest BCUT2D eigenvalue weighted by Gasteiger charge is 2.55. The number of nitrogens with zero attached hydrogens (tertiary/aromatic N) is 1. The van der Waals surface area contributed by atoms with Crippen molar-refractivity contribution in [3.63, 3.8) is 0 Å². The second kappa shape index (κ2) is 5.86. The van der Waals surface area contributed by atoms with E-state index in [0.29, 0.717) is 18.6 Å². The van der Waals surface area contributed by atoms with Crippen LogP contribution in [-0.4, -0.2) is 41.3 Å². The van der Waals surface area contributed by atoms with Crippen molar-refractivity contribution >= 4 is 17.7 Å². The van der Waals surface area contributed by atoms with E-state index in [-0.39, 0.29) is 24.2 Å². The second-order valence-electron chi connectivity index (χ2n) is 7.28. The summed E-state index contributed by atoms with van der Waals surface area (Å²) >= 11 is 0. The van der Waals surface area contributed by atoms with E-state index in [2.05, 4.69) is 5.32 Å². The van der Waals surface area contributed by atoms with Crippen molar-refractivity contribution in [3.8, 4) is 5.75 Å². The molecule has 2 aliphatic heterocycles. The fourth-order valence-corrected chi connectivity index (χ4v) is 4.23. The first-order valence-electron chi connectivity index (χ1n) is 8.94. The predicted octanol–water partition coefficient (Wildman–Crippen LogP) is 2.30. The monoisotopic (exact) mass is 342 g/mol. The van der Waals surface area contributed by atoms with Crippen LogP contribution in [0.25, 0.3) is 0 Å². The topological polar surface area (TPSA) is 75.7 Å². The van der Waals surface area contributed by atoms with Gasteiger partial charge in [-0.05, 0) is 42.5 Å². The zero-order valence-corrected chi connectivity index (χ0v) is 14.3. The van der Waals surface area contributed by atoms with Crippen molar-refractivity contribution in [2.45, 2.75) is 44.6 Å². The molecular weight excluding hydrogens is 320 g/mol. The van der Waals surface area contributed by atoms with Gasteiger partial charge in [-0.25, -0.2) is 4.79 Å². The van der Waals surface area contributed by atoms with Gasteiger partial charge in [0.05, 0.1) is 13.2 Å². The number of amides is 3. The summed E-state index contributed by atoms with van der Waals surface area (Å²) in [5, 5.41) is 2.88. The van der Waals surface area contributed by atoms with Crippen LogP contribution in [0.2, 0.25) is 0 Å². The molecule has 1 spiro atoms. The Bertz CT molecular complexity index is 760. The average molecular weight is 342 g/mol. The number of nitrogens with one attached hydrogen (secondary N) is 1. The number of ether oxygens (including phenoxy) is 1. The van der Waals surface area contributed by atoms with Gasteiger partial charge in [-0.2, -0.15) is 0 Å². The standard InChI is InChI=1S/C19H22N2O4/c1-12-4-2-3-8-19(12)17(23)21(18(24)20-19)11-15(22)13-5-6-16-14(10-13)7-9-25-16/h5-6,10,12H,2-4,7-9,11H2,1H3,(H,20,24)/t12-,19-/m0/s1. The molecule has 25 heavy (non-hydrogen) atoms. The molecule has 3 aliphatic rings. The molecule has 132 valence electrons. The van der Waals surface area contributed by atoms with Crippen LogP contribution in [0.5, 0.6) is 5.75 Å². The van der Waals surface area contributed by atoms with Gasteiger partial charge in [0.15, 0.2) is 5.78 Å². The Morgan fingerprint density at radius 1 is 1.36 bits per heavy atom. The molecule has 0 bridgehead atoms. The van der Waals surface area contributed by atoms with Gasteiger partial charge in [-0.3, -0.25) is 14.5 Å².